The zero-order valence-corrected chi connectivity index (χ0v) is 21.6. The lowest BCUT2D eigenvalue weighted by Crippen LogP contribution is -2.35. The molecule has 5 unspecified atom stereocenters. The summed E-state index contributed by atoms with van der Waals surface area (Å²) < 4.78 is 22.0. The quantitative estimate of drug-likeness (QED) is 0.429. The van der Waals surface area contributed by atoms with E-state index in [1.54, 1.807) is 0 Å². The van der Waals surface area contributed by atoms with E-state index in [0.29, 0.717) is 28.6 Å². The van der Waals surface area contributed by atoms with Crippen LogP contribution < -0.4 is 10.2 Å². The number of nitrogens with zero attached hydrogens (tertiary/aromatic N) is 1. The van der Waals surface area contributed by atoms with Crippen molar-refractivity contribution in [3.8, 4) is 0 Å². The van der Waals surface area contributed by atoms with Gasteiger partial charge in [-0.2, -0.15) is 0 Å². The molecule has 5 atom stereocenters. The Morgan fingerprint density at radius 1 is 1.06 bits per heavy atom. The van der Waals surface area contributed by atoms with Gasteiger partial charge in [0.25, 0.3) is 7.37 Å². The first-order valence-corrected chi connectivity index (χ1v) is 13.6. The van der Waals surface area contributed by atoms with Gasteiger partial charge in [-0.3, -0.25) is 4.57 Å². The Morgan fingerprint density at radius 3 is 2.23 bits per heavy atom. The van der Waals surface area contributed by atoms with Crippen LogP contribution in [-0.4, -0.2) is 25.3 Å². The van der Waals surface area contributed by atoms with Crippen LogP contribution >= 0.6 is 23.3 Å². The van der Waals surface area contributed by atoms with Crippen molar-refractivity contribution in [2.75, 3.05) is 19.0 Å². The van der Waals surface area contributed by atoms with Crippen LogP contribution in [-0.2, 0) is 9.09 Å². The van der Waals surface area contributed by atoms with Crippen molar-refractivity contribution in [2.45, 2.75) is 52.0 Å². The third kappa shape index (κ3) is 5.63. The fourth-order valence-electron chi connectivity index (χ4n) is 4.49. The van der Waals surface area contributed by atoms with Gasteiger partial charge in [0, 0.05) is 29.6 Å². The largest absolute Gasteiger partial charge is 0.378 e. The molecule has 3 rings (SSSR count). The van der Waals surface area contributed by atoms with E-state index in [4.69, 9.17) is 4.52 Å². The second-order valence-corrected chi connectivity index (χ2v) is 12.7. The normalized spacial score (nSPS) is 24.6. The monoisotopic (exact) mass is 507 g/mol. The molecule has 1 N–H and O–H groups in total. The molecule has 0 aliphatic heterocycles. The van der Waals surface area contributed by atoms with Crippen LogP contribution in [0.5, 0.6) is 0 Å². The Labute approximate surface area is 195 Å². The Hall–Kier alpha value is -1.13. The second-order valence-electron chi connectivity index (χ2n) is 9.40. The predicted molar refractivity (Wildman–Crippen MR) is 133 cm³/mol. The Balaban J connectivity index is 2.02. The van der Waals surface area contributed by atoms with Crippen LogP contribution in [0.3, 0.4) is 0 Å². The number of hydrogen-bond acceptors (Lipinski definition) is 4. The molecular weight excluding hydrogens is 473 g/mol. The average molecular weight is 508 g/mol. The zero-order valence-electron chi connectivity index (χ0n) is 19.2. The van der Waals surface area contributed by atoms with Gasteiger partial charge in [-0.15, -0.1) is 0 Å². The van der Waals surface area contributed by atoms with Gasteiger partial charge in [-0.25, -0.2) is 0 Å². The van der Waals surface area contributed by atoms with Crippen molar-refractivity contribution in [1.82, 2.24) is 0 Å². The van der Waals surface area contributed by atoms with Gasteiger partial charge in [-0.1, -0.05) is 55.3 Å². The fraction of sp³-hybridized carbons (Fsp3) is 0.520. The minimum atomic E-state index is -3.60. The Kier molecular flexibility index (Phi) is 8.07. The molecule has 1 aliphatic carbocycles. The standard InChI is InChI=1S/C25H35BrNO3P/c1-17(2)23-15-6-18(3)16-24(23)30-31(29,22-13-11-21(12-14-22)27(4)5)25(28)19-7-9-20(26)10-8-19/h7-14,17-18,23-25,28H,6,15-16H2,1-5H3. The van der Waals surface area contributed by atoms with E-state index in [1.807, 2.05) is 67.5 Å². The number of aliphatic hydroxyl groups is 1. The third-order valence-electron chi connectivity index (χ3n) is 6.47. The highest BCUT2D eigenvalue weighted by Gasteiger charge is 2.42. The highest BCUT2D eigenvalue weighted by Crippen LogP contribution is 2.60. The molecule has 1 saturated carbocycles. The van der Waals surface area contributed by atoms with E-state index in [2.05, 4.69) is 36.7 Å². The number of rotatable bonds is 7. The lowest BCUT2D eigenvalue weighted by Gasteiger charge is -2.40. The summed E-state index contributed by atoms with van der Waals surface area (Å²) in [5.74, 6) is 0.0832. The molecule has 2 aromatic rings. The SMILES string of the molecule is CC1CCC(C(C)C)C(OP(=O)(c2ccc(N(C)C)cc2)C(O)c2ccc(Br)cc2)C1. The van der Waals surface area contributed by atoms with E-state index < -0.39 is 13.2 Å². The summed E-state index contributed by atoms with van der Waals surface area (Å²) in [4.78, 5) is 2.00. The number of hydrogen-bond donors (Lipinski definition) is 1. The molecular formula is C25H35BrNO3P. The molecule has 2 aromatic carbocycles. The summed E-state index contributed by atoms with van der Waals surface area (Å²) >= 11 is 3.43. The van der Waals surface area contributed by atoms with E-state index >= 15 is 0 Å². The van der Waals surface area contributed by atoms with Gasteiger partial charge >= 0.3 is 0 Å². The molecule has 0 bridgehead atoms. The maximum atomic E-state index is 14.5. The van der Waals surface area contributed by atoms with Gasteiger partial charge in [0.05, 0.1) is 6.10 Å². The van der Waals surface area contributed by atoms with Crippen molar-refractivity contribution >= 4 is 34.3 Å². The third-order valence-corrected chi connectivity index (χ3v) is 9.54. The molecule has 0 spiro atoms. The maximum Gasteiger partial charge on any atom is 0.264 e. The highest BCUT2D eigenvalue weighted by atomic mass is 79.9. The first-order valence-electron chi connectivity index (χ1n) is 11.1. The lowest BCUT2D eigenvalue weighted by atomic mass is 9.75. The number of anilines is 1. The van der Waals surface area contributed by atoms with Crippen LogP contribution in [0.25, 0.3) is 0 Å². The minimum Gasteiger partial charge on any atom is -0.378 e. The summed E-state index contributed by atoms with van der Waals surface area (Å²) in [7, 11) is 0.341. The molecule has 31 heavy (non-hydrogen) atoms. The predicted octanol–water partition coefficient (Wildman–Crippen LogP) is 6.59. The van der Waals surface area contributed by atoms with Crippen molar-refractivity contribution < 1.29 is 14.2 Å². The molecule has 0 saturated heterocycles. The molecule has 4 nitrogen and oxygen atoms in total. The number of halogens is 1. The summed E-state index contributed by atoms with van der Waals surface area (Å²) in [5.41, 5.74) is 1.62. The summed E-state index contributed by atoms with van der Waals surface area (Å²) in [6, 6.07) is 14.9. The molecule has 0 amide bonds. The summed E-state index contributed by atoms with van der Waals surface area (Å²) in [6.45, 7) is 6.65. The lowest BCUT2D eigenvalue weighted by molar-refractivity contribution is 0.0427. The van der Waals surface area contributed by atoms with E-state index in [1.165, 1.54) is 6.42 Å². The molecule has 1 aliphatic rings. The maximum absolute atomic E-state index is 14.5. The van der Waals surface area contributed by atoms with Gasteiger partial charge < -0.3 is 14.5 Å². The van der Waals surface area contributed by atoms with E-state index in [-0.39, 0.29) is 6.10 Å². The van der Waals surface area contributed by atoms with Crippen LogP contribution in [0, 0.1) is 17.8 Å². The van der Waals surface area contributed by atoms with Crippen LogP contribution in [0.4, 0.5) is 5.69 Å². The number of benzene rings is 2. The first-order chi connectivity index (χ1) is 14.6. The molecule has 6 heteroatoms. The summed E-state index contributed by atoms with van der Waals surface area (Å²) in [6.07, 6.45) is 2.97. The smallest absolute Gasteiger partial charge is 0.264 e. The van der Waals surface area contributed by atoms with Gasteiger partial charge in [0.1, 0.15) is 0 Å². The van der Waals surface area contributed by atoms with Crippen molar-refractivity contribution in [1.29, 1.82) is 0 Å². The molecule has 170 valence electrons. The molecule has 1 fully saturated rings. The molecule has 0 radical (unpaired) electrons. The first kappa shape index (κ1) is 24.5. The van der Waals surface area contributed by atoms with Crippen molar-refractivity contribution in [3.63, 3.8) is 0 Å². The Morgan fingerprint density at radius 2 is 1.68 bits per heavy atom. The van der Waals surface area contributed by atoms with Gasteiger partial charge in [0.2, 0.25) is 0 Å². The average Bonchev–Trinajstić information content (AvgIpc) is 2.73. The fourth-order valence-corrected chi connectivity index (χ4v) is 7.04. The molecule has 0 heterocycles. The van der Waals surface area contributed by atoms with Crippen molar-refractivity contribution in [3.05, 3.63) is 58.6 Å². The topological polar surface area (TPSA) is 49.8 Å². The highest BCUT2D eigenvalue weighted by molar-refractivity contribution is 9.10. The zero-order chi connectivity index (χ0) is 22.8. The summed E-state index contributed by atoms with van der Waals surface area (Å²) in [5, 5.41) is 11.9. The molecule has 0 aromatic heterocycles. The second kappa shape index (κ2) is 10.2. The van der Waals surface area contributed by atoms with Crippen LogP contribution in [0.15, 0.2) is 53.0 Å². The van der Waals surface area contributed by atoms with Crippen molar-refractivity contribution in [2.24, 2.45) is 17.8 Å². The van der Waals surface area contributed by atoms with Crippen LogP contribution in [0.1, 0.15) is 51.4 Å². The van der Waals surface area contributed by atoms with Crippen LogP contribution in [0.2, 0.25) is 0 Å². The van der Waals surface area contributed by atoms with Gasteiger partial charge in [-0.05, 0) is 72.6 Å². The van der Waals surface area contributed by atoms with Gasteiger partial charge in [0.15, 0.2) is 5.85 Å². The van der Waals surface area contributed by atoms with E-state index in [0.717, 1.165) is 23.0 Å². The van der Waals surface area contributed by atoms with E-state index in [9.17, 15) is 9.67 Å². The Bertz CT molecular complexity index is 898. The minimum absolute atomic E-state index is 0.131. The number of aliphatic hydroxyl groups excluding tert-OH is 1.